The number of hydrogen-bond acceptors (Lipinski definition) is 8. The average molecular weight is 443 g/mol. The minimum Gasteiger partial charge on any atom is -0.465 e. The van der Waals surface area contributed by atoms with Gasteiger partial charge in [-0.25, -0.2) is 18.0 Å². The monoisotopic (exact) mass is 442 g/mol. The molecule has 1 amide bonds. The predicted octanol–water partition coefficient (Wildman–Crippen LogP) is 0.944. The van der Waals surface area contributed by atoms with Crippen LogP contribution >= 0.6 is 11.8 Å². The summed E-state index contributed by atoms with van der Waals surface area (Å²) in [6, 6.07) is 2.86. The maximum Gasteiger partial charge on any atom is 0.339 e. The topological polar surface area (TPSA) is 110 Å². The molecule has 29 heavy (non-hydrogen) atoms. The standard InChI is InChI=1S/C18H22N2O7S2/c1-19(12-5-6-12)16(21)14-9-28-10-20(14)29(24,25)15-8-11(17(22)26-2)4-7-13(15)18(23)27-3/h4,7-8,12,14H,5-6,9-10H2,1-3H3. The SMILES string of the molecule is COC(=O)c1ccc(C(=O)OC)c(S(=O)(=O)N2CSCC2C(=O)N(C)C2CC2)c1. The molecule has 0 bridgehead atoms. The van der Waals surface area contributed by atoms with Crippen LogP contribution in [0.15, 0.2) is 23.1 Å². The highest BCUT2D eigenvalue weighted by atomic mass is 32.2. The Morgan fingerprint density at radius 2 is 1.79 bits per heavy atom. The van der Waals surface area contributed by atoms with Gasteiger partial charge >= 0.3 is 11.9 Å². The van der Waals surface area contributed by atoms with Gasteiger partial charge < -0.3 is 14.4 Å². The molecule has 0 radical (unpaired) electrons. The number of benzene rings is 1. The normalized spacial score (nSPS) is 19.6. The fourth-order valence-corrected chi connectivity index (χ4v) is 6.46. The minimum atomic E-state index is -4.27. The van der Waals surface area contributed by atoms with Crippen molar-refractivity contribution in [3.05, 3.63) is 29.3 Å². The molecule has 1 aliphatic carbocycles. The fourth-order valence-electron chi connectivity index (χ4n) is 3.12. The summed E-state index contributed by atoms with van der Waals surface area (Å²) < 4.78 is 37.3. The average Bonchev–Trinajstić information content (AvgIpc) is 3.46. The molecular formula is C18H22N2O7S2. The van der Waals surface area contributed by atoms with Crippen LogP contribution in [-0.4, -0.2) is 80.4 Å². The van der Waals surface area contributed by atoms with E-state index >= 15 is 0 Å². The van der Waals surface area contributed by atoms with Crippen LogP contribution in [0.4, 0.5) is 0 Å². The summed E-state index contributed by atoms with van der Waals surface area (Å²) in [5.41, 5.74) is -0.234. The third kappa shape index (κ3) is 4.12. The Bertz CT molecular complexity index is 944. The number of hydrogen-bond donors (Lipinski definition) is 0. The van der Waals surface area contributed by atoms with Gasteiger partial charge in [-0.05, 0) is 31.0 Å². The highest BCUT2D eigenvalue weighted by molar-refractivity contribution is 8.00. The summed E-state index contributed by atoms with van der Waals surface area (Å²) in [7, 11) is -0.288. The van der Waals surface area contributed by atoms with Crippen LogP contribution in [0.5, 0.6) is 0 Å². The molecular weight excluding hydrogens is 420 g/mol. The number of sulfonamides is 1. The lowest BCUT2D eigenvalue weighted by atomic mass is 10.1. The van der Waals surface area contributed by atoms with Crippen LogP contribution in [-0.2, 0) is 24.3 Å². The first-order valence-corrected chi connectivity index (χ1v) is 11.5. The zero-order chi connectivity index (χ0) is 21.3. The van der Waals surface area contributed by atoms with E-state index in [1.54, 1.807) is 11.9 Å². The molecule has 1 aromatic rings. The van der Waals surface area contributed by atoms with Gasteiger partial charge in [0.1, 0.15) is 6.04 Å². The maximum atomic E-state index is 13.4. The van der Waals surface area contributed by atoms with Gasteiger partial charge in [-0.3, -0.25) is 4.79 Å². The summed E-state index contributed by atoms with van der Waals surface area (Å²) >= 11 is 1.32. The van der Waals surface area contributed by atoms with Crippen LogP contribution in [0.2, 0.25) is 0 Å². The van der Waals surface area contributed by atoms with Crippen molar-refractivity contribution in [2.75, 3.05) is 32.9 Å². The zero-order valence-electron chi connectivity index (χ0n) is 16.3. The number of ether oxygens (including phenoxy) is 2. The summed E-state index contributed by atoms with van der Waals surface area (Å²) in [4.78, 5) is 38.1. The number of esters is 2. The predicted molar refractivity (Wildman–Crippen MR) is 105 cm³/mol. The number of thioether (sulfide) groups is 1. The molecule has 1 atom stereocenters. The van der Waals surface area contributed by atoms with Gasteiger partial charge in [0, 0.05) is 18.8 Å². The van der Waals surface area contributed by atoms with Crippen LogP contribution in [0.1, 0.15) is 33.6 Å². The molecule has 2 fully saturated rings. The first kappa shape index (κ1) is 21.6. The zero-order valence-corrected chi connectivity index (χ0v) is 17.9. The Hall–Kier alpha value is -2.11. The summed E-state index contributed by atoms with van der Waals surface area (Å²) in [5.74, 6) is -1.48. The highest BCUT2D eigenvalue weighted by Crippen LogP contribution is 2.33. The molecule has 1 saturated heterocycles. The van der Waals surface area contributed by atoms with Gasteiger partial charge in [0.25, 0.3) is 0 Å². The van der Waals surface area contributed by atoms with Crippen LogP contribution in [0, 0.1) is 0 Å². The second-order valence-electron chi connectivity index (χ2n) is 6.78. The number of likely N-dealkylation sites (N-methyl/N-ethyl adjacent to an activating group) is 1. The molecule has 1 saturated carbocycles. The van der Waals surface area contributed by atoms with Crippen LogP contribution < -0.4 is 0 Å². The highest BCUT2D eigenvalue weighted by Gasteiger charge is 2.44. The van der Waals surface area contributed by atoms with Gasteiger partial charge in [0.05, 0.1) is 36.1 Å². The van der Waals surface area contributed by atoms with Crippen molar-refractivity contribution in [3.8, 4) is 0 Å². The van der Waals surface area contributed by atoms with E-state index in [2.05, 4.69) is 4.74 Å². The second kappa shape index (κ2) is 8.33. The largest absolute Gasteiger partial charge is 0.465 e. The van der Waals surface area contributed by atoms with Gasteiger partial charge in [-0.15, -0.1) is 11.8 Å². The molecule has 0 aromatic heterocycles. The number of methoxy groups -OCH3 is 2. The number of carbonyl (C=O) groups excluding carboxylic acids is 3. The van der Waals surface area contributed by atoms with Crippen molar-refractivity contribution in [2.45, 2.75) is 29.8 Å². The Balaban J connectivity index is 2.03. The van der Waals surface area contributed by atoms with Gasteiger partial charge in [-0.2, -0.15) is 4.31 Å². The fraction of sp³-hybridized carbons (Fsp3) is 0.500. The lowest BCUT2D eigenvalue weighted by Crippen LogP contribution is -2.48. The first-order valence-electron chi connectivity index (χ1n) is 8.89. The lowest BCUT2D eigenvalue weighted by molar-refractivity contribution is -0.133. The quantitative estimate of drug-likeness (QED) is 0.599. The minimum absolute atomic E-state index is 0.0245. The lowest BCUT2D eigenvalue weighted by Gasteiger charge is -2.27. The number of amides is 1. The second-order valence-corrected chi connectivity index (χ2v) is 9.64. The van der Waals surface area contributed by atoms with Crippen molar-refractivity contribution in [3.63, 3.8) is 0 Å². The Morgan fingerprint density at radius 1 is 1.14 bits per heavy atom. The van der Waals surface area contributed by atoms with Crippen molar-refractivity contribution >= 4 is 39.6 Å². The molecule has 9 nitrogen and oxygen atoms in total. The van der Waals surface area contributed by atoms with Gasteiger partial charge in [0.2, 0.25) is 15.9 Å². The van der Waals surface area contributed by atoms with Crippen molar-refractivity contribution < 1.29 is 32.3 Å². The van der Waals surface area contributed by atoms with Gasteiger partial charge in [0.15, 0.2) is 0 Å². The third-order valence-electron chi connectivity index (χ3n) is 4.96. The van der Waals surface area contributed by atoms with E-state index in [9.17, 15) is 22.8 Å². The summed E-state index contributed by atoms with van der Waals surface area (Å²) in [5, 5.41) is 0. The number of carbonyl (C=O) groups is 3. The van der Waals surface area contributed by atoms with Crippen molar-refractivity contribution in [2.24, 2.45) is 0 Å². The summed E-state index contributed by atoms with van der Waals surface area (Å²) in [6.45, 7) is 0. The first-order chi connectivity index (χ1) is 13.7. The van der Waals surface area contributed by atoms with Crippen molar-refractivity contribution in [1.82, 2.24) is 9.21 Å². The van der Waals surface area contributed by atoms with Crippen LogP contribution in [0.25, 0.3) is 0 Å². The molecule has 1 unspecified atom stereocenters. The molecule has 11 heteroatoms. The molecule has 2 aliphatic rings. The van der Waals surface area contributed by atoms with Gasteiger partial charge in [-0.1, -0.05) is 0 Å². The third-order valence-corrected chi connectivity index (χ3v) is 8.03. The molecule has 158 valence electrons. The van der Waals surface area contributed by atoms with Crippen molar-refractivity contribution in [1.29, 1.82) is 0 Å². The van der Waals surface area contributed by atoms with E-state index in [1.807, 2.05) is 0 Å². The Morgan fingerprint density at radius 3 is 2.38 bits per heavy atom. The van der Waals surface area contributed by atoms with E-state index in [4.69, 9.17) is 4.74 Å². The number of rotatable bonds is 6. The maximum absolute atomic E-state index is 13.4. The molecule has 3 rings (SSSR count). The van der Waals surface area contributed by atoms with E-state index < -0.39 is 28.0 Å². The number of nitrogens with zero attached hydrogens (tertiary/aromatic N) is 2. The molecule has 1 aromatic carbocycles. The molecule has 1 aliphatic heterocycles. The van der Waals surface area contributed by atoms with E-state index in [0.717, 1.165) is 30.3 Å². The van der Waals surface area contributed by atoms with E-state index in [0.29, 0.717) is 5.75 Å². The molecule has 0 spiro atoms. The van der Waals surface area contributed by atoms with E-state index in [1.165, 1.54) is 31.0 Å². The Labute approximate surface area is 173 Å². The molecule has 1 heterocycles. The van der Waals surface area contributed by atoms with E-state index in [-0.39, 0.29) is 33.8 Å². The van der Waals surface area contributed by atoms with Crippen LogP contribution in [0.3, 0.4) is 0 Å². The smallest absolute Gasteiger partial charge is 0.339 e. The molecule has 0 N–H and O–H groups in total. The Kier molecular flexibility index (Phi) is 6.20. The summed E-state index contributed by atoms with van der Waals surface area (Å²) in [6.07, 6.45) is 1.81.